The van der Waals surface area contributed by atoms with E-state index in [9.17, 15) is 19.1 Å². The van der Waals surface area contributed by atoms with Crippen molar-refractivity contribution in [3.63, 3.8) is 0 Å². The Morgan fingerprint density at radius 2 is 1.92 bits per heavy atom. The van der Waals surface area contributed by atoms with Crippen LogP contribution in [0.4, 0.5) is 15.0 Å². The fraction of sp³-hybridized carbons (Fsp3) is 0.269. The van der Waals surface area contributed by atoms with E-state index in [0.717, 1.165) is 24.0 Å². The quantitative estimate of drug-likeness (QED) is 0.424. The fourth-order valence-electron chi connectivity index (χ4n) is 4.73. The molecule has 0 spiro atoms. The lowest BCUT2D eigenvalue weighted by Crippen LogP contribution is -2.40. The number of aromatic nitrogens is 4. The minimum atomic E-state index is -0.954. The van der Waals surface area contributed by atoms with Gasteiger partial charge in [-0.2, -0.15) is 5.10 Å². The van der Waals surface area contributed by atoms with Crippen LogP contribution in [-0.4, -0.2) is 66.8 Å². The molecule has 3 heterocycles. The molecular formula is C26H26FN7O3. The van der Waals surface area contributed by atoms with E-state index < -0.39 is 17.8 Å². The SMILES string of the molecule is CN(Cc1ccc(-c2nn([C@@H]3CCCN(C(=O)O)C3)c3ncnc(N)c23)cc1)C(=O)c1ccccc1F. The number of amides is 2. The largest absolute Gasteiger partial charge is 0.465 e. The lowest BCUT2D eigenvalue weighted by Gasteiger charge is -2.30. The first-order valence-corrected chi connectivity index (χ1v) is 11.9. The third-order valence-electron chi connectivity index (χ3n) is 6.63. The standard InChI is InChI=1S/C26H26FN7O3/c1-32(25(35)19-6-2-3-7-20(19)27)13-16-8-10-17(11-9-16)22-21-23(28)29-15-30-24(21)34(31-22)18-5-4-12-33(14-18)26(36)37/h2-3,6-11,15,18H,4-5,12-14H2,1H3,(H,36,37)(H2,28,29,30)/t18-/m1/s1. The van der Waals surface area contributed by atoms with Crippen LogP contribution in [0.25, 0.3) is 22.3 Å². The molecule has 1 saturated heterocycles. The normalized spacial score (nSPS) is 15.6. The summed E-state index contributed by atoms with van der Waals surface area (Å²) in [5.41, 5.74) is 9.04. The molecule has 1 aliphatic rings. The molecule has 2 aromatic heterocycles. The third-order valence-corrected chi connectivity index (χ3v) is 6.63. The van der Waals surface area contributed by atoms with Gasteiger partial charge in [-0.1, -0.05) is 36.4 Å². The fourth-order valence-corrected chi connectivity index (χ4v) is 4.73. The summed E-state index contributed by atoms with van der Waals surface area (Å²) in [6, 6.07) is 13.2. The van der Waals surface area contributed by atoms with Gasteiger partial charge < -0.3 is 20.6 Å². The molecule has 1 atom stereocenters. The van der Waals surface area contributed by atoms with Crippen LogP contribution in [0.5, 0.6) is 0 Å². The molecule has 4 aromatic rings. The number of carboxylic acid groups (broad SMARTS) is 1. The molecule has 0 unspecified atom stereocenters. The highest BCUT2D eigenvalue weighted by molar-refractivity contribution is 5.98. The van der Waals surface area contributed by atoms with Crippen molar-refractivity contribution in [2.24, 2.45) is 0 Å². The van der Waals surface area contributed by atoms with Crippen LogP contribution in [-0.2, 0) is 6.54 Å². The summed E-state index contributed by atoms with van der Waals surface area (Å²) in [7, 11) is 1.63. The van der Waals surface area contributed by atoms with Crippen LogP contribution < -0.4 is 5.73 Å². The molecule has 0 bridgehead atoms. The van der Waals surface area contributed by atoms with Gasteiger partial charge in [0.15, 0.2) is 5.65 Å². The van der Waals surface area contributed by atoms with Gasteiger partial charge in [-0.15, -0.1) is 0 Å². The van der Waals surface area contributed by atoms with Gasteiger partial charge in [-0.05, 0) is 30.5 Å². The highest BCUT2D eigenvalue weighted by Crippen LogP contribution is 2.34. The van der Waals surface area contributed by atoms with Gasteiger partial charge in [0, 0.05) is 32.2 Å². The number of likely N-dealkylation sites (tertiary alicyclic amines) is 1. The lowest BCUT2D eigenvalue weighted by molar-refractivity contribution is 0.0780. The first-order chi connectivity index (χ1) is 17.8. The number of nitrogens with two attached hydrogens (primary N) is 1. The maximum atomic E-state index is 14.0. The zero-order valence-corrected chi connectivity index (χ0v) is 20.2. The van der Waals surface area contributed by atoms with Crippen LogP contribution in [0.15, 0.2) is 54.9 Å². The van der Waals surface area contributed by atoms with E-state index in [4.69, 9.17) is 10.8 Å². The van der Waals surface area contributed by atoms with Crippen LogP contribution in [0.2, 0.25) is 0 Å². The van der Waals surface area contributed by atoms with Crippen LogP contribution >= 0.6 is 0 Å². The molecule has 190 valence electrons. The molecular weight excluding hydrogens is 477 g/mol. The number of anilines is 1. The molecule has 0 aliphatic carbocycles. The number of hydrogen-bond acceptors (Lipinski definition) is 6. The second-order valence-corrected chi connectivity index (χ2v) is 9.11. The lowest BCUT2D eigenvalue weighted by atomic mass is 10.1. The summed E-state index contributed by atoms with van der Waals surface area (Å²) in [5, 5.41) is 14.9. The molecule has 10 nitrogen and oxygen atoms in total. The molecule has 1 aliphatic heterocycles. The van der Waals surface area contributed by atoms with Gasteiger partial charge >= 0.3 is 6.09 Å². The Morgan fingerprint density at radius 3 is 2.65 bits per heavy atom. The van der Waals surface area contributed by atoms with Crippen LogP contribution in [0, 0.1) is 5.82 Å². The number of carbonyl (C=O) groups is 2. The number of hydrogen-bond donors (Lipinski definition) is 2. The van der Waals surface area contributed by atoms with E-state index in [-0.39, 0.29) is 17.4 Å². The second-order valence-electron chi connectivity index (χ2n) is 9.11. The van der Waals surface area contributed by atoms with Crippen molar-refractivity contribution < 1.29 is 19.1 Å². The Balaban J connectivity index is 1.42. The number of carbonyl (C=O) groups excluding carboxylic acids is 1. The number of benzene rings is 2. The maximum absolute atomic E-state index is 14.0. The zero-order valence-electron chi connectivity index (χ0n) is 20.2. The van der Waals surface area contributed by atoms with E-state index in [2.05, 4.69) is 9.97 Å². The predicted molar refractivity (Wildman–Crippen MR) is 135 cm³/mol. The van der Waals surface area contributed by atoms with Gasteiger partial charge in [0.2, 0.25) is 0 Å². The van der Waals surface area contributed by atoms with Crippen molar-refractivity contribution in [1.29, 1.82) is 0 Å². The first kappa shape index (κ1) is 24.2. The van der Waals surface area contributed by atoms with E-state index in [1.807, 2.05) is 24.3 Å². The molecule has 11 heteroatoms. The molecule has 1 fully saturated rings. The zero-order chi connectivity index (χ0) is 26.1. The smallest absolute Gasteiger partial charge is 0.407 e. The Morgan fingerprint density at radius 1 is 1.16 bits per heavy atom. The number of fused-ring (bicyclic) bond motifs is 1. The van der Waals surface area contributed by atoms with Crippen molar-refractivity contribution >= 4 is 28.9 Å². The van der Waals surface area contributed by atoms with E-state index in [1.165, 1.54) is 28.3 Å². The number of nitrogen functional groups attached to an aromatic ring is 1. The number of piperidine rings is 1. The average molecular weight is 504 g/mol. The molecule has 0 saturated carbocycles. The molecule has 2 aromatic carbocycles. The highest BCUT2D eigenvalue weighted by atomic mass is 19.1. The van der Waals surface area contributed by atoms with Crippen molar-refractivity contribution in [2.45, 2.75) is 25.4 Å². The molecule has 3 N–H and O–H groups in total. The van der Waals surface area contributed by atoms with E-state index in [0.29, 0.717) is 36.4 Å². The van der Waals surface area contributed by atoms with Gasteiger partial charge in [0.1, 0.15) is 23.7 Å². The van der Waals surface area contributed by atoms with Gasteiger partial charge in [-0.25, -0.2) is 23.8 Å². The van der Waals surface area contributed by atoms with Gasteiger partial charge in [0.25, 0.3) is 5.91 Å². The van der Waals surface area contributed by atoms with Gasteiger partial charge in [-0.3, -0.25) is 4.79 Å². The molecule has 0 radical (unpaired) electrons. The molecule has 2 amide bonds. The van der Waals surface area contributed by atoms with E-state index in [1.54, 1.807) is 23.9 Å². The van der Waals surface area contributed by atoms with Crippen molar-refractivity contribution in [2.75, 3.05) is 25.9 Å². The minimum Gasteiger partial charge on any atom is -0.465 e. The second kappa shape index (κ2) is 9.84. The summed E-state index contributed by atoms with van der Waals surface area (Å²) >= 11 is 0. The summed E-state index contributed by atoms with van der Waals surface area (Å²) < 4.78 is 15.8. The van der Waals surface area contributed by atoms with Gasteiger partial charge in [0.05, 0.1) is 17.0 Å². The van der Waals surface area contributed by atoms with Crippen molar-refractivity contribution in [1.82, 2.24) is 29.5 Å². The number of nitrogens with zero attached hydrogens (tertiary/aromatic N) is 6. The van der Waals surface area contributed by atoms with E-state index >= 15 is 0 Å². The van der Waals surface area contributed by atoms with Crippen molar-refractivity contribution in [3.8, 4) is 11.3 Å². The Hall–Kier alpha value is -4.54. The first-order valence-electron chi connectivity index (χ1n) is 11.9. The Bertz CT molecular complexity index is 1470. The topological polar surface area (TPSA) is 130 Å². The Labute approximate surface area is 212 Å². The molecule has 37 heavy (non-hydrogen) atoms. The van der Waals surface area contributed by atoms with Crippen LogP contribution in [0.1, 0.15) is 34.8 Å². The summed E-state index contributed by atoms with van der Waals surface area (Å²) in [5.74, 6) is -0.669. The predicted octanol–water partition coefficient (Wildman–Crippen LogP) is 3.80. The highest BCUT2D eigenvalue weighted by Gasteiger charge is 2.28. The third kappa shape index (κ3) is 4.67. The summed E-state index contributed by atoms with van der Waals surface area (Å²) in [6.45, 7) is 1.10. The molecule has 5 rings (SSSR count). The van der Waals surface area contributed by atoms with Crippen LogP contribution in [0.3, 0.4) is 0 Å². The maximum Gasteiger partial charge on any atom is 0.407 e. The monoisotopic (exact) mass is 503 g/mol. The number of halogens is 1. The number of rotatable bonds is 5. The summed E-state index contributed by atoms with van der Waals surface area (Å²) in [4.78, 5) is 35.6. The Kier molecular flexibility index (Phi) is 6.43. The average Bonchev–Trinajstić information content (AvgIpc) is 3.30. The minimum absolute atomic E-state index is 0.0262. The van der Waals surface area contributed by atoms with Crippen molar-refractivity contribution in [3.05, 3.63) is 71.8 Å². The summed E-state index contributed by atoms with van der Waals surface area (Å²) in [6.07, 6.45) is 1.92.